The van der Waals surface area contributed by atoms with Gasteiger partial charge in [0, 0.05) is 27.6 Å². The first-order valence-corrected chi connectivity index (χ1v) is 6.72. The van der Waals surface area contributed by atoms with Crippen LogP contribution in [0.1, 0.15) is 15.9 Å². The molecule has 110 valence electrons. The number of carbonyl (C=O) groups is 1. The van der Waals surface area contributed by atoms with Gasteiger partial charge in [-0.2, -0.15) is 13.2 Å². The maximum absolute atomic E-state index is 12.7. The number of aromatic nitrogens is 1. The predicted octanol–water partition coefficient (Wildman–Crippen LogP) is 4.77. The molecule has 1 heterocycles. The van der Waals surface area contributed by atoms with Crippen molar-refractivity contribution in [1.29, 1.82) is 0 Å². The Kier molecular flexibility index (Phi) is 4.53. The zero-order valence-corrected chi connectivity index (χ0v) is 12.6. The minimum atomic E-state index is -4.54. The molecule has 0 atom stereocenters. The largest absolute Gasteiger partial charge is 0.416 e. The Labute approximate surface area is 131 Å². The summed E-state index contributed by atoms with van der Waals surface area (Å²) in [5.74, 6) is -0.584. The second kappa shape index (κ2) is 6.03. The van der Waals surface area contributed by atoms with E-state index in [2.05, 4.69) is 26.2 Å². The molecule has 2 aromatic rings. The quantitative estimate of drug-likeness (QED) is 0.817. The molecular formula is C13H7BrClF3N2O. The van der Waals surface area contributed by atoms with Gasteiger partial charge < -0.3 is 5.32 Å². The third-order valence-electron chi connectivity index (χ3n) is 2.45. The van der Waals surface area contributed by atoms with Gasteiger partial charge in [-0.3, -0.25) is 9.78 Å². The van der Waals surface area contributed by atoms with E-state index in [0.717, 1.165) is 12.1 Å². The van der Waals surface area contributed by atoms with Gasteiger partial charge in [-0.1, -0.05) is 11.6 Å². The van der Waals surface area contributed by atoms with Crippen LogP contribution in [0.4, 0.5) is 18.9 Å². The van der Waals surface area contributed by atoms with Crippen LogP contribution in [0.25, 0.3) is 0 Å². The van der Waals surface area contributed by atoms with Gasteiger partial charge in [0.1, 0.15) is 0 Å². The fourth-order valence-electron chi connectivity index (χ4n) is 1.56. The normalized spacial score (nSPS) is 11.3. The fraction of sp³-hybridized carbons (Fsp3) is 0.0769. The van der Waals surface area contributed by atoms with Gasteiger partial charge in [-0.25, -0.2) is 0 Å². The van der Waals surface area contributed by atoms with Gasteiger partial charge in [0.05, 0.1) is 11.1 Å². The summed E-state index contributed by atoms with van der Waals surface area (Å²) >= 11 is 8.79. The molecule has 0 aliphatic heterocycles. The molecule has 0 bridgehead atoms. The Hall–Kier alpha value is -1.60. The molecule has 1 aromatic heterocycles. The van der Waals surface area contributed by atoms with E-state index < -0.39 is 17.6 Å². The summed E-state index contributed by atoms with van der Waals surface area (Å²) in [6.45, 7) is 0. The van der Waals surface area contributed by atoms with Crippen molar-refractivity contribution in [3.63, 3.8) is 0 Å². The molecule has 0 aliphatic carbocycles. The van der Waals surface area contributed by atoms with E-state index >= 15 is 0 Å². The third-order valence-corrected chi connectivity index (χ3v) is 3.10. The number of hydrogen-bond donors (Lipinski definition) is 1. The average molecular weight is 380 g/mol. The first-order chi connectivity index (χ1) is 9.75. The van der Waals surface area contributed by atoms with Crippen LogP contribution in [0.2, 0.25) is 5.02 Å². The highest BCUT2D eigenvalue weighted by Crippen LogP contribution is 2.33. The molecule has 0 fully saturated rings. The Morgan fingerprint density at radius 2 is 1.90 bits per heavy atom. The molecule has 0 aliphatic rings. The number of halogens is 5. The van der Waals surface area contributed by atoms with Crippen molar-refractivity contribution in [2.45, 2.75) is 6.18 Å². The van der Waals surface area contributed by atoms with Crippen LogP contribution in [-0.2, 0) is 6.18 Å². The fourth-order valence-corrected chi connectivity index (χ4v) is 2.16. The second-order valence-electron chi connectivity index (χ2n) is 4.07. The maximum Gasteiger partial charge on any atom is 0.416 e. The molecule has 3 nitrogen and oxygen atoms in total. The summed E-state index contributed by atoms with van der Waals surface area (Å²) in [6.07, 6.45) is -1.76. The number of amides is 1. The number of nitrogens with zero attached hydrogens (tertiary/aromatic N) is 1. The SMILES string of the molecule is O=C(Nc1cc(Cl)cc(C(F)(F)F)c1)c1cncc(Br)c1. The van der Waals surface area contributed by atoms with E-state index in [1.54, 1.807) is 0 Å². The van der Waals surface area contributed by atoms with Crippen LogP contribution in [0.5, 0.6) is 0 Å². The minimum absolute atomic E-state index is 0.0419. The lowest BCUT2D eigenvalue weighted by Gasteiger charge is -2.11. The van der Waals surface area contributed by atoms with Gasteiger partial charge in [0.15, 0.2) is 0 Å². The lowest BCUT2D eigenvalue weighted by molar-refractivity contribution is -0.137. The van der Waals surface area contributed by atoms with E-state index in [0.29, 0.717) is 4.47 Å². The minimum Gasteiger partial charge on any atom is -0.322 e. The number of alkyl halides is 3. The number of nitrogens with one attached hydrogen (secondary N) is 1. The molecule has 0 spiro atoms. The number of rotatable bonds is 2. The van der Waals surface area contributed by atoms with E-state index in [9.17, 15) is 18.0 Å². The molecule has 0 unspecified atom stereocenters. The van der Waals surface area contributed by atoms with Gasteiger partial charge in [-0.05, 0) is 40.2 Å². The van der Waals surface area contributed by atoms with Crippen molar-refractivity contribution < 1.29 is 18.0 Å². The van der Waals surface area contributed by atoms with Crippen LogP contribution in [0, 0.1) is 0 Å². The third kappa shape index (κ3) is 4.18. The summed E-state index contributed by atoms with van der Waals surface area (Å²) in [7, 11) is 0. The summed E-state index contributed by atoms with van der Waals surface area (Å²) in [4.78, 5) is 15.7. The predicted molar refractivity (Wildman–Crippen MR) is 76.3 cm³/mol. The molecule has 2 rings (SSSR count). The standard InChI is InChI=1S/C13H7BrClF3N2O/c14-9-1-7(5-19-6-9)12(21)20-11-3-8(13(16,17)18)2-10(15)4-11/h1-6H,(H,20,21). The lowest BCUT2D eigenvalue weighted by atomic mass is 10.2. The summed E-state index contributed by atoms with van der Waals surface area (Å²) in [5, 5.41) is 2.24. The lowest BCUT2D eigenvalue weighted by Crippen LogP contribution is -2.13. The highest BCUT2D eigenvalue weighted by molar-refractivity contribution is 9.10. The summed E-state index contributed by atoms with van der Waals surface area (Å²) < 4.78 is 38.6. The van der Waals surface area contributed by atoms with E-state index in [4.69, 9.17) is 11.6 Å². The number of pyridine rings is 1. The molecule has 0 radical (unpaired) electrons. The van der Waals surface area contributed by atoms with Gasteiger partial charge in [0.2, 0.25) is 0 Å². The van der Waals surface area contributed by atoms with Crippen LogP contribution < -0.4 is 5.32 Å². The van der Waals surface area contributed by atoms with Crippen LogP contribution in [-0.4, -0.2) is 10.9 Å². The molecule has 1 aromatic carbocycles. The van der Waals surface area contributed by atoms with Gasteiger partial charge in [-0.15, -0.1) is 0 Å². The van der Waals surface area contributed by atoms with E-state index in [1.807, 2.05) is 0 Å². The number of benzene rings is 1. The average Bonchev–Trinajstić information content (AvgIpc) is 2.37. The molecule has 8 heteroatoms. The zero-order valence-electron chi connectivity index (χ0n) is 10.2. The van der Waals surface area contributed by atoms with E-state index in [1.165, 1.54) is 24.5 Å². The van der Waals surface area contributed by atoms with Crippen molar-refractivity contribution in [3.8, 4) is 0 Å². The van der Waals surface area contributed by atoms with Crippen LogP contribution >= 0.6 is 27.5 Å². The molecular weight excluding hydrogens is 373 g/mol. The molecule has 0 saturated heterocycles. The van der Waals surface area contributed by atoms with Crippen LogP contribution in [0.3, 0.4) is 0 Å². The maximum atomic E-state index is 12.7. The zero-order chi connectivity index (χ0) is 15.6. The summed E-state index contributed by atoms with van der Waals surface area (Å²) in [5.41, 5.74) is -0.768. The van der Waals surface area contributed by atoms with Crippen molar-refractivity contribution in [2.75, 3.05) is 5.32 Å². The summed E-state index contributed by atoms with van der Waals surface area (Å²) in [6, 6.07) is 4.34. The second-order valence-corrected chi connectivity index (χ2v) is 5.42. The smallest absolute Gasteiger partial charge is 0.322 e. The molecule has 1 amide bonds. The molecule has 1 N–H and O–H groups in total. The number of anilines is 1. The molecule has 21 heavy (non-hydrogen) atoms. The van der Waals surface area contributed by atoms with Crippen LogP contribution in [0.15, 0.2) is 41.1 Å². The van der Waals surface area contributed by atoms with Crippen molar-refractivity contribution in [2.24, 2.45) is 0 Å². The Morgan fingerprint density at radius 1 is 1.19 bits per heavy atom. The molecule has 0 saturated carbocycles. The van der Waals surface area contributed by atoms with E-state index in [-0.39, 0.29) is 16.3 Å². The number of hydrogen-bond acceptors (Lipinski definition) is 2. The Balaban J connectivity index is 2.27. The first kappa shape index (κ1) is 15.8. The van der Waals surface area contributed by atoms with Gasteiger partial charge in [0.25, 0.3) is 5.91 Å². The first-order valence-electron chi connectivity index (χ1n) is 5.55. The highest BCUT2D eigenvalue weighted by Gasteiger charge is 2.31. The monoisotopic (exact) mass is 378 g/mol. The highest BCUT2D eigenvalue weighted by atomic mass is 79.9. The van der Waals surface area contributed by atoms with Gasteiger partial charge >= 0.3 is 6.18 Å². The Morgan fingerprint density at radius 3 is 2.52 bits per heavy atom. The number of carbonyl (C=O) groups excluding carboxylic acids is 1. The topological polar surface area (TPSA) is 42.0 Å². The van der Waals surface area contributed by atoms with Crippen molar-refractivity contribution >= 4 is 39.1 Å². The van der Waals surface area contributed by atoms with Crippen molar-refractivity contribution in [1.82, 2.24) is 4.98 Å². The van der Waals surface area contributed by atoms with Crippen molar-refractivity contribution in [3.05, 3.63) is 57.3 Å². The Bertz CT molecular complexity index is 691.